The summed E-state index contributed by atoms with van der Waals surface area (Å²) in [6.07, 6.45) is 2.72. The van der Waals surface area contributed by atoms with Crippen molar-refractivity contribution >= 4 is 46.1 Å². The van der Waals surface area contributed by atoms with Gasteiger partial charge in [0.25, 0.3) is 0 Å². The third-order valence-corrected chi connectivity index (χ3v) is 2.87. The molecule has 1 aliphatic rings. The van der Waals surface area contributed by atoms with E-state index in [2.05, 4.69) is 10.2 Å². The number of nitrogens with two attached hydrogens (primary N) is 2. The highest BCUT2D eigenvalue weighted by molar-refractivity contribution is 7.80. The van der Waals surface area contributed by atoms with Crippen molar-refractivity contribution in [3.8, 4) is 0 Å². The van der Waals surface area contributed by atoms with Crippen LogP contribution in [0.25, 0.3) is 0 Å². The molecule has 0 heterocycles. The van der Waals surface area contributed by atoms with Crippen LogP contribution in [0.1, 0.15) is 19.3 Å². The minimum atomic E-state index is 0.228. The van der Waals surface area contributed by atoms with E-state index in [0.29, 0.717) is 0 Å². The lowest BCUT2D eigenvalue weighted by Crippen LogP contribution is -2.31. The van der Waals surface area contributed by atoms with Gasteiger partial charge in [-0.05, 0) is 43.7 Å². The Morgan fingerprint density at radius 1 is 1.00 bits per heavy atom. The van der Waals surface area contributed by atoms with Crippen molar-refractivity contribution in [2.45, 2.75) is 19.3 Å². The first-order valence-corrected chi connectivity index (χ1v) is 5.95. The molecule has 0 saturated heterocycles. The van der Waals surface area contributed by atoms with E-state index >= 15 is 0 Å². The monoisotopic (exact) mass is 272 g/mol. The fourth-order valence-corrected chi connectivity index (χ4v) is 1.47. The molecule has 0 aliphatic heterocycles. The molecule has 0 atom stereocenters. The van der Waals surface area contributed by atoms with E-state index in [1.807, 2.05) is 0 Å². The van der Waals surface area contributed by atoms with Gasteiger partial charge < -0.3 is 11.5 Å². The summed E-state index contributed by atoms with van der Waals surface area (Å²) >= 11 is 9.65. The zero-order valence-electron chi connectivity index (χ0n) is 9.88. The highest BCUT2D eigenvalue weighted by Crippen LogP contribution is 2.14. The number of hydrogen-bond donors (Lipinski definition) is 2. The molecule has 1 fully saturated rings. The summed E-state index contributed by atoms with van der Waals surface area (Å²) in [5.41, 5.74) is 12.7. The van der Waals surface area contributed by atoms with Crippen LogP contribution in [0.15, 0.2) is 10.2 Å². The number of rotatable bonds is 2. The second kappa shape index (κ2) is 5.87. The summed E-state index contributed by atoms with van der Waals surface area (Å²) in [5.74, 6) is 0. The fraction of sp³-hybridized carbons (Fsp3) is 0.556. The van der Waals surface area contributed by atoms with E-state index in [9.17, 15) is 0 Å². The molecule has 1 saturated carbocycles. The Morgan fingerprint density at radius 2 is 1.35 bits per heavy atom. The SMILES string of the molecule is CN(/N=C1/CCC/C1=N\N(C)C(N)=S)C(N)=S. The Bertz CT molecular complexity index is 353. The van der Waals surface area contributed by atoms with E-state index in [0.717, 1.165) is 30.7 Å². The van der Waals surface area contributed by atoms with Crippen LogP contribution in [-0.2, 0) is 0 Å². The van der Waals surface area contributed by atoms with Crippen LogP contribution in [0.2, 0.25) is 0 Å². The molecule has 1 aliphatic carbocycles. The van der Waals surface area contributed by atoms with Gasteiger partial charge in [0.2, 0.25) is 0 Å². The Hall–Kier alpha value is -1.28. The van der Waals surface area contributed by atoms with Crippen molar-refractivity contribution in [3.05, 3.63) is 0 Å². The van der Waals surface area contributed by atoms with Crippen LogP contribution in [0.4, 0.5) is 0 Å². The second-order valence-corrected chi connectivity index (χ2v) is 4.51. The summed E-state index contributed by atoms with van der Waals surface area (Å²) in [4.78, 5) is 0. The van der Waals surface area contributed by atoms with Gasteiger partial charge >= 0.3 is 0 Å². The van der Waals surface area contributed by atoms with Crippen molar-refractivity contribution in [2.24, 2.45) is 21.7 Å². The molecule has 0 unspecified atom stereocenters. The summed E-state index contributed by atoms with van der Waals surface area (Å²) in [6.45, 7) is 0. The molecule has 4 N–H and O–H groups in total. The van der Waals surface area contributed by atoms with Crippen molar-refractivity contribution < 1.29 is 0 Å². The predicted octanol–water partition coefficient (Wildman–Crippen LogP) is 0.233. The first-order chi connectivity index (χ1) is 7.91. The molecule has 0 radical (unpaired) electrons. The lowest BCUT2D eigenvalue weighted by Gasteiger charge is -2.13. The van der Waals surface area contributed by atoms with Gasteiger partial charge in [-0.3, -0.25) is 0 Å². The van der Waals surface area contributed by atoms with Gasteiger partial charge in [0.1, 0.15) is 0 Å². The number of thiocarbonyl (C=S) groups is 2. The van der Waals surface area contributed by atoms with Crippen LogP contribution in [-0.4, -0.2) is 45.8 Å². The topological polar surface area (TPSA) is 83.2 Å². The number of nitrogens with zero attached hydrogens (tertiary/aromatic N) is 4. The van der Waals surface area contributed by atoms with Gasteiger partial charge in [-0.25, -0.2) is 10.0 Å². The molecule has 17 heavy (non-hydrogen) atoms. The number of hydrogen-bond acceptors (Lipinski definition) is 4. The molecular weight excluding hydrogens is 256 g/mol. The normalized spacial score (nSPS) is 19.6. The molecule has 0 aromatic rings. The largest absolute Gasteiger partial charge is 0.375 e. The maximum atomic E-state index is 5.47. The van der Waals surface area contributed by atoms with E-state index in [-0.39, 0.29) is 10.2 Å². The van der Waals surface area contributed by atoms with E-state index in [4.69, 9.17) is 35.9 Å². The fourth-order valence-electron chi connectivity index (χ4n) is 1.39. The van der Waals surface area contributed by atoms with Crippen molar-refractivity contribution in [1.29, 1.82) is 0 Å². The first kappa shape index (κ1) is 13.8. The summed E-state index contributed by atoms with van der Waals surface area (Å²) in [6, 6.07) is 0. The van der Waals surface area contributed by atoms with E-state index in [1.165, 1.54) is 10.0 Å². The molecule has 0 spiro atoms. The van der Waals surface area contributed by atoms with Gasteiger partial charge in [0.05, 0.1) is 11.4 Å². The molecule has 94 valence electrons. The minimum Gasteiger partial charge on any atom is -0.375 e. The third-order valence-electron chi connectivity index (χ3n) is 2.34. The maximum Gasteiger partial charge on any atom is 0.186 e. The minimum absolute atomic E-state index is 0.228. The molecule has 0 aromatic carbocycles. The lowest BCUT2D eigenvalue weighted by atomic mass is 10.3. The number of hydrazone groups is 2. The summed E-state index contributed by atoms with van der Waals surface area (Å²) in [7, 11) is 3.42. The highest BCUT2D eigenvalue weighted by atomic mass is 32.1. The van der Waals surface area contributed by atoms with Gasteiger partial charge in [-0.1, -0.05) is 0 Å². The zero-order chi connectivity index (χ0) is 13.0. The average molecular weight is 272 g/mol. The van der Waals surface area contributed by atoms with Gasteiger partial charge in [0, 0.05) is 14.1 Å². The molecule has 6 nitrogen and oxygen atoms in total. The van der Waals surface area contributed by atoms with Crippen molar-refractivity contribution in [1.82, 2.24) is 10.0 Å². The van der Waals surface area contributed by atoms with Crippen LogP contribution in [0.3, 0.4) is 0 Å². The highest BCUT2D eigenvalue weighted by Gasteiger charge is 2.19. The Morgan fingerprint density at radius 3 is 1.65 bits per heavy atom. The summed E-state index contributed by atoms with van der Waals surface area (Å²) in [5, 5.41) is 12.0. The van der Waals surface area contributed by atoms with Crippen LogP contribution in [0.5, 0.6) is 0 Å². The predicted molar refractivity (Wildman–Crippen MR) is 77.8 cm³/mol. The quantitative estimate of drug-likeness (QED) is 0.553. The van der Waals surface area contributed by atoms with Crippen LogP contribution >= 0.6 is 24.4 Å². The average Bonchev–Trinajstić information content (AvgIpc) is 2.65. The molecule has 0 amide bonds. The molecule has 0 bridgehead atoms. The van der Waals surface area contributed by atoms with E-state index < -0.39 is 0 Å². The third kappa shape index (κ3) is 3.90. The molecule has 0 aromatic heterocycles. The van der Waals surface area contributed by atoms with Crippen molar-refractivity contribution in [2.75, 3.05) is 14.1 Å². The maximum absolute atomic E-state index is 5.47. The Balaban J connectivity index is 2.86. The lowest BCUT2D eigenvalue weighted by molar-refractivity contribution is 0.543. The molecule has 8 heteroatoms. The second-order valence-electron chi connectivity index (χ2n) is 3.67. The molecule has 1 rings (SSSR count). The molecular formula is C9H16N6S2. The van der Waals surface area contributed by atoms with Gasteiger partial charge in [-0.15, -0.1) is 0 Å². The Labute approximate surface area is 111 Å². The standard InChI is InChI=1S/C9H16N6S2/c1-14(8(10)16)12-6-4-3-5-7(6)13-15(2)9(11)17/h3-5H2,1-2H3,(H2,10,16)(H2,11,17)/b12-6-,13-7+. The van der Waals surface area contributed by atoms with Gasteiger partial charge in [-0.2, -0.15) is 10.2 Å². The zero-order valence-corrected chi connectivity index (χ0v) is 11.5. The summed E-state index contributed by atoms with van der Waals surface area (Å²) < 4.78 is 0. The van der Waals surface area contributed by atoms with Crippen molar-refractivity contribution in [3.63, 3.8) is 0 Å². The van der Waals surface area contributed by atoms with Crippen LogP contribution < -0.4 is 11.5 Å². The smallest absolute Gasteiger partial charge is 0.186 e. The first-order valence-electron chi connectivity index (χ1n) is 5.13. The van der Waals surface area contributed by atoms with Crippen LogP contribution in [0, 0.1) is 0 Å². The van der Waals surface area contributed by atoms with E-state index in [1.54, 1.807) is 14.1 Å². The van der Waals surface area contributed by atoms with Gasteiger partial charge in [0.15, 0.2) is 10.2 Å². The Kier molecular flexibility index (Phi) is 4.76.